The van der Waals surface area contributed by atoms with Crippen LogP contribution in [0.25, 0.3) is 0 Å². The van der Waals surface area contributed by atoms with Crippen LogP contribution >= 0.6 is 11.6 Å². The summed E-state index contributed by atoms with van der Waals surface area (Å²) in [6.45, 7) is 4.92. The topological polar surface area (TPSA) is 26.3 Å². The van der Waals surface area contributed by atoms with Gasteiger partial charge in [-0.05, 0) is 44.0 Å². The zero-order valence-electron chi connectivity index (χ0n) is 9.73. The van der Waals surface area contributed by atoms with Crippen molar-refractivity contribution in [1.29, 1.82) is 0 Å². The number of ether oxygens (including phenoxy) is 1. The molecular formula is C12H14ClFO2. The van der Waals surface area contributed by atoms with Crippen LogP contribution in [0, 0.1) is 12.7 Å². The largest absolute Gasteiger partial charge is 0.468 e. The highest BCUT2D eigenvalue weighted by Gasteiger charge is 2.33. The molecule has 1 aromatic carbocycles. The normalized spacial score (nSPS) is 11.4. The molecule has 0 radical (unpaired) electrons. The number of halogens is 2. The summed E-state index contributed by atoms with van der Waals surface area (Å²) in [4.78, 5) is 11.6. The lowest BCUT2D eigenvalue weighted by Crippen LogP contribution is -2.30. The molecule has 2 nitrogen and oxygen atoms in total. The van der Waals surface area contributed by atoms with Crippen molar-refractivity contribution in [2.24, 2.45) is 0 Å². The second-order valence-corrected chi connectivity index (χ2v) is 4.61. The molecule has 0 saturated carbocycles. The number of methoxy groups -OCH3 is 1. The van der Waals surface area contributed by atoms with Crippen molar-refractivity contribution < 1.29 is 13.9 Å². The highest BCUT2D eigenvalue weighted by Crippen LogP contribution is 2.32. The van der Waals surface area contributed by atoms with E-state index in [-0.39, 0.29) is 5.82 Å². The molecule has 0 atom stereocenters. The van der Waals surface area contributed by atoms with Crippen molar-refractivity contribution in [1.82, 2.24) is 0 Å². The second kappa shape index (κ2) is 4.42. The summed E-state index contributed by atoms with van der Waals surface area (Å²) in [5.41, 5.74) is -0.0704. The third-order valence-electron chi connectivity index (χ3n) is 2.62. The van der Waals surface area contributed by atoms with E-state index in [0.717, 1.165) is 0 Å². The van der Waals surface area contributed by atoms with Gasteiger partial charge in [0.1, 0.15) is 5.82 Å². The summed E-state index contributed by atoms with van der Waals surface area (Å²) in [6, 6.07) is 2.80. The Kier molecular flexibility index (Phi) is 3.58. The quantitative estimate of drug-likeness (QED) is 0.747. The number of rotatable bonds is 2. The molecular weight excluding hydrogens is 231 g/mol. The van der Waals surface area contributed by atoms with Gasteiger partial charge in [0.05, 0.1) is 12.5 Å². The monoisotopic (exact) mass is 244 g/mol. The van der Waals surface area contributed by atoms with Crippen molar-refractivity contribution >= 4 is 17.6 Å². The van der Waals surface area contributed by atoms with E-state index in [1.807, 2.05) is 0 Å². The number of esters is 1. The summed E-state index contributed by atoms with van der Waals surface area (Å²) in [5.74, 6) is -0.825. The van der Waals surface area contributed by atoms with Crippen LogP contribution in [-0.2, 0) is 14.9 Å². The van der Waals surface area contributed by atoms with Gasteiger partial charge in [-0.25, -0.2) is 4.39 Å². The van der Waals surface area contributed by atoms with Gasteiger partial charge in [-0.15, -0.1) is 0 Å². The third kappa shape index (κ3) is 2.19. The van der Waals surface area contributed by atoms with Crippen LogP contribution < -0.4 is 0 Å². The Hall–Kier alpha value is -1.09. The molecule has 0 aliphatic heterocycles. The first kappa shape index (κ1) is 13.0. The van der Waals surface area contributed by atoms with Crippen molar-refractivity contribution in [2.45, 2.75) is 26.2 Å². The van der Waals surface area contributed by atoms with Gasteiger partial charge in [-0.1, -0.05) is 11.6 Å². The number of benzene rings is 1. The summed E-state index contributed by atoms with van der Waals surface area (Å²) < 4.78 is 18.1. The Morgan fingerprint density at radius 1 is 1.44 bits per heavy atom. The average molecular weight is 245 g/mol. The zero-order chi connectivity index (χ0) is 12.5. The van der Waals surface area contributed by atoms with Crippen LogP contribution in [0.4, 0.5) is 4.39 Å². The highest BCUT2D eigenvalue weighted by molar-refractivity contribution is 6.31. The van der Waals surface area contributed by atoms with Crippen LogP contribution in [0.2, 0.25) is 5.02 Å². The fourth-order valence-electron chi connectivity index (χ4n) is 1.49. The molecule has 0 amide bonds. The molecule has 0 saturated heterocycles. The first-order valence-electron chi connectivity index (χ1n) is 4.85. The Morgan fingerprint density at radius 2 is 2.00 bits per heavy atom. The van der Waals surface area contributed by atoms with Crippen LogP contribution in [0.15, 0.2) is 12.1 Å². The smallest absolute Gasteiger partial charge is 0.315 e. The molecule has 0 bridgehead atoms. The molecule has 0 aromatic heterocycles. The Balaban J connectivity index is 3.33. The van der Waals surface area contributed by atoms with E-state index in [9.17, 15) is 9.18 Å². The number of carbonyl (C=O) groups is 1. The molecule has 0 aliphatic carbocycles. The minimum absolute atomic E-state index is 0.370. The van der Waals surface area contributed by atoms with Crippen LogP contribution in [0.3, 0.4) is 0 Å². The fourth-order valence-corrected chi connectivity index (χ4v) is 1.94. The van der Waals surface area contributed by atoms with Gasteiger partial charge in [0.25, 0.3) is 0 Å². The maximum absolute atomic E-state index is 13.4. The molecule has 0 heterocycles. The van der Waals surface area contributed by atoms with Gasteiger partial charge >= 0.3 is 5.97 Å². The third-order valence-corrected chi connectivity index (χ3v) is 2.93. The van der Waals surface area contributed by atoms with Crippen LogP contribution in [0.1, 0.15) is 25.0 Å². The van der Waals surface area contributed by atoms with E-state index in [1.54, 1.807) is 20.8 Å². The molecule has 1 aromatic rings. The predicted octanol–water partition coefficient (Wildman–Crippen LogP) is 3.24. The van der Waals surface area contributed by atoms with Crippen molar-refractivity contribution in [3.63, 3.8) is 0 Å². The number of carbonyl (C=O) groups excluding carboxylic acids is 1. The predicted molar refractivity (Wildman–Crippen MR) is 61.2 cm³/mol. The van der Waals surface area contributed by atoms with E-state index in [2.05, 4.69) is 4.74 Å². The second-order valence-electron chi connectivity index (χ2n) is 4.20. The minimum Gasteiger partial charge on any atom is -0.468 e. The Morgan fingerprint density at radius 3 is 2.50 bits per heavy atom. The number of aryl methyl sites for hydroxylation is 1. The molecule has 88 valence electrons. The van der Waals surface area contributed by atoms with E-state index in [0.29, 0.717) is 16.1 Å². The standard InChI is InChI=1S/C12H14ClFO2/c1-7-5-9(13)8(6-10(7)14)12(2,3)11(15)16-4/h5-6H,1-4H3. The molecule has 16 heavy (non-hydrogen) atoms. The molecule has 1 rings (SSSR count). The van der Waals surface area contributed by atoms with Crippen LogP contribution in [-0.4, -0.2) is 13.1 Å². The van der Waals surface area contributed by atoms with Crippen molar-refractivity contribution in [3.8, 4) is 0 Å². The Bertz CT molecular complexity index is 427. The van der Waals surface area contributed by atoms with Gasteiger partial charge in [0, 0.05) is 5.02 Å². The maximum atomic E-state index is 13.4. The SMILES string of the molecule is COC(=O)C(C)(C)c1cc(F)c(C)cc1Cl. The number of hydrogen-bond donors (Lipinski definition) is 0. The summed E-state index contributed by atoms with van der Waals surface area (Å²) in [6.07, 6.45) is 0. The summed E-state index contributed by atoms with van der Waals surface area (Å²) >= 11 is 6.01. The molecule has 4 heteroatoms. The van der Waals surface area contributed by atoms with Gasteiger partial charge in [-0.2, -0.15) is 0 Å². The van der Waals surface area contributed by atoms with Gasteiger partial charge in [-0.3, -0.25) is 4.79 Å². The lowest BCUT2D eigenvalue weighted by Gasteiger charge is -2.23. The lowest BCUT2D eigenvalue weighted by atomic mass is 9.84. The van der Waals surface area contributed by atoms with Crippen LogP contribution in [0.5, 0.6) is 0 Å². The fraction of sp³-hybridized carbons (Fsp3) is 0.417. The van der Waals surface area contributed by atoms with Gasteiger partial charge < -0.3 is 4.74 Å². The average Bonchev–Trinajstić information content (AvgIpc) is 2.21. The van der Waals surface area contributed by atoms with Gasteiger partial charge in [0.2, 0.25) is 0 Å². The molecule has 0 aliphatic rings. The van der Waals surface area contributed by atoms with E-state index >= 15 is 0 Å². The Labute approximate surface area is 99.4 Å². The molecule has 0 spiro atoms. The highest BCUT2D eigenvalue weighted by atomic mass is 35.5. The molecule has 0 unspecified atom stereocenters. The number of hydrogen-bond acceptors (Lipinski definition) is 2. The van der Waals surface area contributed by atoms with E-state index in [1.165, 1.54) is 19.2 Å². The minimum atomic E-state index is -0.958. The summed E-state index contributed by atoms with van der Waals surface area (Å²) in [5, 5.41) is 0.370. The van der Waals surface area contributed by atoms with Crippen molar-refractivity contribution in [2.75, 3.05) is 7.11 Å². The van der Waals surface area contributed by atoms with Gasteiger partial charge in [0.15, 0.2) is 0 Å². The summed E-state index contributed by atoms with van der Waals surface area (Å²) in [7, 11) is 1.29. The van der Waals surface area contributed by atoms with E-state index in [4.69, 9.17) is 11.6 Å². The first-order valence-corrected chi connectivity index (χ1v) is 5.23. The van der Waals surface area contributed by atoms with Crippen molar-refractivity contribution in [3.05, 3.63) is 34.1 Å². The zero-order valence-corrected chi connectivity index (χ0v) is 10.5. The molecule has 0 N–H and O–H groups in total. The maximum Gasteiger partial charge on any atom is 0.315 e. The lowest BCUT2D eigenvalue weighted by molar-refractivity contribution is -0.146. The first-order chi connectivity index (χ1) is 7.30. The van der Waals surface area contributed by atoms with E-state index < -0.39 is 11.4 Å². The molecule has 0 fully saturated rings.